The number of carbonyl (C=O) groups excluding carboxylic acids is 1. The third-order valence-electron chi connectivity index (χ3n) is 5.43. The van der Waals surface area contributed by atoms with Crippen LogP contribution in [0.25, 0.3) is 6.08 Å². The highest BCUT2D eigenvalue weighted by molar-refractivity contribution is 7.27. The summed E-state index contributed by atoms with van der Waals surface area (Å²) in [5, 5.41) is 0.985. The largest absolute Gasteiger partial charge is 0.492 e. The first kappa shape index (κ1) is 23.3. The maximum Gasteiger partial charge on any atom is 0.257 e. The molecule has 5 nitrogen and oxygen atoms in total. The Morgan fingerprint density at radius 3 is 2.61 bits per heavy atom. The SMILES string of the molecule is C/C=C\c1ncc(N2CCN(C(=O)c3cc(P)ccc3OCC(C)C)CC2)cc1CC. The van der Waals surface area contributed by atoms with E-state index in [2.05, 4.69) is 52.0 Å². The summed E-state index contributed by atoms with van der Waals surface area (Å²) in [5.74, 6) is 1.12. The van der Waals surface area contributed by atoms with Gasteiger partial charge < -0.3 is 14.5 Å². The van der Waals surface area contributed by atoms with E-state index in [4.69, 9.17) is 4.74 Å². The zero-order valence-electron chi connectivity index (χ0n) is 19.1. The minimum absolute atomic E-state index is 0.0403. The summed E-state index contributed by atoms with van der Waals surface area (Å²) < 4.78 is 5.93. The number of carbonyl (C=O) groups is 1. The summed E-state index contributed by atoms with van der Waals surface area (Å²) in [7, 11) is 2.67. The van der Waals surface area contributed by atoms with Crippen molar-refractivity contribution in [3.05, 3.63) is 53.4 Å². The summed E-state index contributed by atoms with van der Waals surface area (Å²) in [5.41, 5.74) is 4.06. The molecule has 1 aliphatic heterocycles. The molecule has 1 unspecified atom stereocenters. The number of aryl methyl sites for hydroxylation is 1. The first-order chi connectivity index (χ1) is 14.9. The molecule has 1 aromatic carbocycles. The van der Waals surface area contributed by atoms with Gasteiger partial charge in [0.05, 0.1) is 29.7 Å². The Morgan fingerprint density at radius 1 is 1.23 bits per heavy atom. The average Bonchev–Trinajstić information content (AvgIpc) is 2.78. The van der Waals surface area contributed by atoms with Gasteiger partial charge in [0.15, 0.2) is 0 Å². The molecule has 0 bridgehead atoms. The van der Waals surface area contributed by atoms with Crippen molar-refractivity contribution in [1.29, 1.82) is 0 Å². The number of nitrogens with zero attached hydrogens (tertiary/aromatic N) is 3. The second-order valence-electron chi connectivity index (χ2n) is 8.33. The molecule has 0 aliphatic carbocycles. The smallest absolute Gasteiger partial charge is 0.257 e. The highest BCUT2D eigenvalue weighted by Gasteiger charge is 2.25. The van der Waals surface area contributed by atoms with Crippen molar-refractivity contribution in [2.45, 2.75) is 34.1 Å². The fraction of sp³-hybridized carbons (Fsp3) is 0.440. The predicted molar refractivity (Wildman–Crippen MR) is 133 cm³/mol. The molecule has 166 valence electrons. The first-order valence-electron chi connectivity index (χ1n) is 11.1. The lowest BCUT2D eigenvalue weighted by atomic mass is 10.1. The van der Waals surface area contributed by atoms with E-state index >= 15 is 0 Å². The summed E-state index contributed by atoms with van der Waals surface area (Å²) >= 11 is 0. The molecule has 0 N–H and O–H groups in total. The number of hydrogen-bond acceptors (Lipinski definition) is 4. The summed E-state index contributed by atoms with van der Waals surface area (Å²) in [6, 6.07) is 8.01. The van der Waals surface area contributed by atoms with E-state index in [0.717, 1.165) is 36.2 Å². The van der Waals surface area contributed by atoms with E-state index in [1.165, 1.54) is 5.56 Å². The number of anilines is 1. The van der Waals surface area contributed by atoms with Gasteiger partial charge in [-0.1, -0.05) is 32.9 Å². The van der Waals surface area contributed by atoms with Crippen molar-refractivity contribution in [2.24, 2.45) is 5.92 Å². The number of benzene rings is 1. The van der Waals surface area contributed by atoms with E-state index in [1.54, 1.807) is 0 Å². The Balaban J connectivity index is 1.70. The second-order valence-corrected chi connectivity index (χ2v) is 9.00. The third-order valence-corrected chi connectivity index (χ3v) is 5.79. The number of amides is 1. The molecule has 6 heteroatoms. The lowest BCUT2D eigenvalue weighted by molar-refractivity contribution is 0.0741. The van der Waals surface area contributed by atoms with Crippen LogP contribution in [0.4, 0.5) is 5.69 Å². The van der Waals surface area contributed by atoms with E-state index in [-0.39, 0.29) is 5.91 Å². The standard InChI is InChI=1S/C25H34N3O2P/c1-5-7-23-19(6-2)14-20(16-26-23)27-10-12-28(13-11-27)25(29)22-15-21(31)8-9-24(22)30-17-18(3)4/h5,7-9,14-16,18H,6,10-13,17,31H2,1-4H3/b7-5-. The minimum Gasteiger partial charge on any atom is -0.492 e. The van der Waals surface area contributed by atoms with Crippen LogP contribution in [0.15, 0.2) is 36.5 Å². The van der Waals surface area contributed by atoms with E-state index in [0.29, 0.717) is 36.9 Å². The molecule has 31 heavy (non-hydrogen) atoms. The quantitative estimate of drug-likeness (QED) is 0.608. The molecule has 1 saturated heterocycles. The number of aromatic nitrogens is 1. The van der Waals surface area contributed by atoms with Crippen LogP contribution in [-0.2, 0) is 6.42 Å². The van der Waals surface area contributed by atoms with Gasteiger partial charge in [0.25, 0.3) is 5.91 Å². The normalized spacial score (nSPS) is 14.5. The Labute approximate surface area is 188 Å². The van der Waals surface area contributed by atoms with E-state index in [1.807, 2.05) is 42.3 Å². The molecule has 1 aromatic heterocycles. The third kappa shape index (κ3) is 5.86. The molecule has 3 rings (SSSR count). The molecule has 0 saturated carbocycles. The van der Waals surface area contributed by atoms with Crippen LogP contribution in [0.5, 0.6) is 5.75 Å². The number of piperazine rings is 1. The highest BCUT2D eigenvalue weighted by Crippen LogP contribution is 2.24. The van der Waals surface area contributed by atoms with Gasteiger partial charge in [-0.3, -0.25) is 9.78 Å². The minimum atomic E-state index is 0.0403. The molecule has 1 fully saturated rings. The Hall–Kier alpha value is -2.39. The van der Waals surface area contributed by atoms with Gasteiger partial charge >= 0.3 is 0 Å². The Bertz CT molecular complexity index is 934. The van der Waals surface area contributed by atoms with Crippen LogP contribution in [0.2, 0.25) is 0 Å². The van der Waals surface area contributed by atoms with Crippen LogP contribution in [-0.4, -0.2) is 48.6 Å². The maximum atomic E-state index is 13.3. The Morgan fingerprint density at radius 2 is 1.97 bits per heavy atom. The van der Waals surface area contributed by atoms with Gasteiger partial charge in [-0.05, 0) is 54.4 Å². The van der Waals surface area contributed by atoms with E-state index in [9.17, 15) is 4.79 Å². The van der Waals surface area contributed by atoms with Crippen LogP contribution in [0.3, 0.4) is 0 Å². The zero-order chi connectivity index (χ0) is 22.4. The molecular weight excluding hydrogens is 405 g/mol. The summed E-state index contributed by atoms with van der Waals surface area (Å²) in [4.78, 5) is 22.2. The molecule has 2 heterocycles. The van der Waals surface area contributed by atoms with Crippen LogP contribution < -0.4 is 14.9 Å². The number of hydrogen-bond donors (Lipinski definition) is 0. The Kier molecular flexibility index (Phi) is 8.09. The van der Waals surface area contributed by atoms with Gasteiger partial charge in [-0.25, -0.2) is 0 Å². The average molecular weight is 440 g/mol. The van der Waals surface area contributed by atoms with Gasteiger partial charge in [0, 0.05) is 26.2 Å². The fourth-order valence-electron chi connectivity index (χ4n) is 3.71. The van der Waals surface area contributed by atoms with Crippen LogP contribution in [0, 0.1) is 5.92 Å². The van der Waals surface area contributed by atoms with Crippen molar-refractivity contribution in [3.63, 3.8) is 0 Å². The molecular formula is C25H34N3O2P. The lowest BCUT2D eigenvalue weighted by Gasteiger charge is -2.36. The van der Waals surface area contributed by atoms with Crippen molar-refractivity contribution in [3.8, 4) is 5.75 Å². The second kappa shape index (κ2) is 10.8. The van der Waals surface area contributed by atoms with Crippen LogP contribution in [0.1, 0.15) is 49.3 Å². The molecule has 2 aromatic rings. The number of pyridine rings is 1. The van der Waals surface area contributed by atoms with Gasteiger partial charge in [-0.2, -0.15) is 0 Å². The molecule has 0 radical (unpaired) electrons. The number of ether oxygens (including phenoxy) is 1. The van der Waals surface area contributed by atoms with Crippen molar-refractivity contribution in [2.75, 3.05) is 37.7 Å². The lowest BCUT2D eigenvalue weighted by Crippen LogP contribution is -2.49. The van der Waals surface area contributed by atoms with Crippen LogP contribution >= 0.6 is 9.24 Å². The van der Waals surface area contributed by atoms with E-state index < -0.39 is 0 Å². The molecule has 0 spiro atoms. The highest BCUT2D eigenvalue weighted by atomic mass is 31.0. The topological polar surface area (TPSA) is 45.7 Å². The zero-order valence-corrected chi connectivity index (χ0v) is 20.3. The van der Waals surface area contributed by atoms with Crippen molar-refractivity contribution in [1.82, 2.24) is 9.88 Å². The van der Waals surface area contributed by atoms with Crippen molar-refractivity contribution < 1.29 is 9.53 Å². The molecule has 1 atom stereocenters. The number of allylic oxidation sites excluding steroid dienone is 1. The summed E-state index contributed by atoms with van der Waals surface area (Å²) in [6.07, 6.45) is 6.97. The predicted octanol–water partition coefficient (Wildman–Crippen LogP) is 4.17. The van der Waals surface area contributed by atoms with Gasteiger partial charge in [-0.15, -0.1) is 9.24 Å². The van der Waals surface area contributed by atoms with Crippen molar-refractivity contribution >= 4 is 32.2 Å². The monoisotopic (exact) mass is 439 g/mol. The van der Waals surface area contributed by atoms with Gasteiger partial charge in [0.2, 0.25) is 0 Å². The summed E-state index contributed by atoms with van der Waals surface area (Å²) in [6.45, 7) is 11.9. The number of rotatable bonds is 7. The molecule has 1 aliphatic rings. The maximum absolute atomic E-state index is 13.3. The molecule has 1 amide bonds. The fourth-order valence-corrected chi connectivity index (χ4v) is 3.97. The first-order valence-corrected chi connectivity index (χ1v) is 11.7. The van der Waals surface area contributed by atoms with Gasteiger partial charge in [0.1, 0.15) is 5.75 Å².